The van der Waals surface area contributed by atoms with Crippen molar-refractivity contribution in [2.75, 3.05) is 11.1 Å². The first kappa shape index (κ1) is 13.1. The number of aromatic nitrogens is 1. The molecule has 4 heteroatoms. The molecule has 0 bridgehead atoms. The first-order valence-corrected chi connectivity index (χ1v) is 6.09. The first-order chi connectivity index (χ1) is 8.99. The van der Waals surface area contributed by atoms with E-state index in [1.807, 2.05) is 39.0 Å². The average Bonchev–Trinajstić information content (AvgIpc) is 2.33. The van der Waals surface area contributed by atoms with Crippen molar-refractivity contribution in [1.29, 1.82) is 0 Å². The highest BCUT2D eigenvalue weighted by molar-refractivity contribution is 6.06. The third-order valence-corrected chi connectivity index (χ3v) is 3.01. The normalized spacial score (nSPS) is 10.3. The predicted molar refractivity (Wildman–Crippen MR) is 77.3 cm³/mol. The van der Waals surface area contributed by atoms with Gasteiger partial charge in [-0.3, -0.25) is 9.78 Å². The Balaban J connectivity index is 2.31. The quantitative estimate of drug-likeness (QED) is 0.811. The monoisotopic (exact) mass is 255 g/mol. The Morgan fingerprint density at radius 3 is 2.53 bits per heavy atom. The Bertz CT molecular complexity index is 615. The number of amides is 1. The zero-order valence-corrected chi connectivity index (χ0v) is 11.3. The summed E-state index contributed by atoms with van der Waals surface area (Å²) in [6.45, 7) is 5.63. The summed E-state index contributed by atoms with van der Waals surface area (Å²) in [6, 6.07) is 9.14. The molecule has 0 aliphatic rings. The highest BCUT2D eigenvalue weighted by atomic mass is 16.1. The number of benzene rings is 1. The molecule has 0 saturated heterocycles. The largest absolute Gasteiger partial charge is 0.397 e. The van der Waals surface area contributed by atoms with Crippen LogP contribution in [0.5, 0.6) is 0 Å². The summed E-state index contributed by atoms with van der Waals surface area (Å²) >= 11 is 0. The lowest BCUT2D eigenvalue weighted by Gasteiger charge is -2.12. The third-order valence-electron chi connectivity index (χ3n) is 3.01. The molecule has 1 aromatic heterocycles. The Hall–Kier alpha value is -2.36. The molecule has 1 amide bonds. The molecule has 1 aromatic carbocycles. The van der Waals surface area contributed by atoms with E-state index in [1.54, 1.807) is 12.1 Å². The van der Waals surface area contributed by atoms with Crippen molar-refractivity contribution >= 4 is 17.3 Å². The first-order valence-electron chi connectivity index (χ1n) is 6.09. The molecule has 0 saturated carbocycles. The minimum Gasteiger partial charge on any atom is -0.397 e. The van der Waals surface area contributed by atoms with Gasteiger partial charge in [-0.15, -0.1) is 0 Å². The number of carbonyl (C=O) groups excluding carboxylic acids is 1. The molecule has 0 radical (unpaired) electrons. The van der Waals surface area contributed by atoms with Gasteiger partial charge in [-0.25, -0.2) is 0 Å². The molecule has 4 nitrogen and oxygen atoms in total. The fourth-order valence-corrected chi connectivity index (χ4v) is 1.97. The number of rotatable bonds is 2. The second kappa shape index (κ2) is 5.10. The molecule has 2 aromatic rings. The molecule has 19 heavy (non-hydrogen) atoms. The third kappa shape index (κ3) is 2.73. The summed E-state index contributed by atoms with van der Waals surface area (Å²) < 4.78 is 0. The van der Waals surface area contributed by atoms with Gasteiger partial charge in [0.2, 0.25) is 0 Å². The molecule has 0 fully saturated rings. The van der Waals surface area contributed by atoms with Crippen LogP contribution >= 0.6 is 0 Å². The van der Waals surface area contributed by atoms with Crippen molar-refractivity contribution in [3.63, 3.8) is 0 Å². The van der Waals surface area contributed by atoms with Crippen molar-refractivity contribution in [3.05, 3.63) is 52.8 Å². The minimum atomic E-state index is -0.189. The molecule has 0 unspecified atom stereocenters. The number of aryl methyl sites for hydroxylation is 3. The van der Waals surface area contributed by atoms with Gasteiger partial charge in [0, 0.05) is 5.69 Å². The number of anilines is 2. The molecule has 2 rings (SSSR count). The number of nitrogens with two attached hydrogens (primary N) is 1. The van der Waals surface area contributed by atoms with Crippen LogP contribution in [0.2, 0.25) is 0 Å². The lowest BCUT2D eigenvalue weighted by molar-refractivity contribution is 0.102. The van der Waals surface area contributed by atoms with Crippen LogP contribution in [-0.2, 0) is 0 Å². The standard InChI is InChI=1S/C15H17N3O/c1-9-5-4-6-13(16)14(9)18-15(19)12-8-7-10(2)17-11(12)3/h4-8H,16H2,1-3H3,(H,18,19). The number of nitrogen functional groups attached to an aromatic ring is 1. The summed E-state index contributed by atoms with van der Waals surface area (Å²) in [6.07, 6.45) is 0. The zero-order valence-electron chi connectivity index (χ0n) is 11.3. The SMILES string of the molecule is Cc1ccc(C(=O)Nc2c(C)cccc2N)c(C)n1. The maximum Gasteiger partial charge on any atom is 0.257 e. The number of para-hydroxylation sites is 1. The predicted octanol–water partition coefficient (Wildman–Crippen LogP) is 2.84. The summed E-state index contributed by atoms with van der Waals surface area (Å²) in [4.78, 5) is 16.5. The molecule has 3 N–H and O–H groups in total. The van der Waals surface area contributed by atoms with E-state index < -0.39 is 0 Å². The lowest BCUT2D eigenvalue weighted by atomic mass is 10.1. The van der Waals surface area contributed by atoms with Crippen LogP contribution in [0.15, 0.2) is 30.3 Å². The molecular weight excluding hydrogens is 238 g/mol. The number of hydrogen-bond donors (Lipinski definition) is 2. The van der Waals surface area contributed by atoms with E-state index in [-0.39, 0.29) is 5.91 Å². The fourth-order valence-electron chi connectivity index (χ4n) is 1.97. The maximum atomic E-state index is 12.2. The summed E-state index contributed by atoms with van der Waals surface area (Å²) in [5.41, 5.74) is 10.2. The van der Waals surface area contributed by atoms with Crippen LogP contribution in [0, 0.1) is 20.8 Å². The number of hydrogen-bond acceptors (Lipinski definition) is 3. The molecule has 0 aliphatic heterocycles. The summed E-state index contributed by atoms with van der Waals surface area (Å²) in [7, 11) is 0. The lowest BCUT2D eigenvalue weighted by Crippen LogP contribution is -2.16. The van der Waals surface area contributed by atoms with Gasteiger partial charge in [0.1, 0.15) is 0 Å². The molecule has 1 heterocycles. The van der Waals surface area contributed by atoms with Crippen LogP contribution in [0.3, 0.4) is 0 Å². The van der Waals surface area contributed by atoms with E-state index >= 15 is 0 Å². The van der Waals surface area contributed by atoms with Crippen molar-refractivity contribution in [2.24, 2.45) is 0 Å². The zero-order chi connectivity index (χ0) is 14.0. The van der Waals surface area contributed by atoms with E-state index in [0.717, 1.165) is 11.3 Å². The van der Waals surface area contributed by atoms with Gasteiger partial charge in [0.05, 0.1) is 22.6 Å². The van der Waals surface area contributed by atoms with Gasteiger partial charge in [-0.1, -0.05) is 12.1 Å². The number of pyridine rings is 1. The van der Waals surface area contributed by atoms with Crippen molar-refractivity contribution < 1.29 is 4.79 Å². The number of carbonyl (C=O) groups is 1. The van der Waals surface area contributed by atoms with Gasteiger partial charge in [-0.05, 0) is 44.5 Å². The van der Waals surface area contributed by atoms with Crippen LogP contribution in [0.4, 0.5) is 11.4 Å². The van der Waals surface area contributed by atoms with E-state index in [9.17, 15) is 4.79 Å². The summed E-state index contributed by atoms with van der Waals surface area (Å²) in [5, 5.41) is 2.85. The van der Waals surface area contributed by atoms with Gasteiger partial charge in [-0.2, -0.15) is 0 Å². The van der Waals surface area contributed by atoms with Crippen molar-refractivity contribution in [3.8, 4) is 0 Å². The summed E-state index contributed by atoms with van der Waals surface area (Å²) in [5.74, 6) is -0.189. The number of nitrogens with one attached hydrogen (secondary N) is 1. The van der Waals surface area contributed by atoms with Crippen molar-refractivity contribution in [1.82, 2.24) is 4.98 Å². The highest BCUT2D eigenvalue weighted by Gasteiger charge is 2.12. The Morgan fingerprint density at radius 1 is 1.16 bits per heavy atom. The molecule has 0 aliphatic carbocycles. The highest BCUT2D eigenvalue weighted by Crippen LogP contribution is 2.23. The van der Waals surface area contributed by atoms with Crippen molar-refractivity contribution in [2.45, 2.75) is 20.8 Å². The fraction of sp³-hybridized carbons (Fsp3) is 0.200. The molecule has 0 spiro atoms. The van der Waals surface area contributed by atoms with E-state index in [1.165, 1.54) is 0 Å². The topological polar surface area (TPSA) is 68.0 Å². The molecule has 0 atom stereocenters. The smallest absolute Gasteiger partial charge is 0.257 e. The van der Waals surface area contributed by atoms with E-state index in [0.29, 0.717) is 22.6 Å². The van der Waals surface area contributed by atoms with Gasteiger partial charge in [0.15, 0.2) is 0 Å². The Labute approximate surface area is 112 Å². The van der Waals surface area contributed by atoms with Crippen LogP contribution in [-0.4, -0.2) is 10.9 Å². The van der Waals surface area contributed by atoms with Gasteiger partial charge >= 0.3 is 0 Å². The Morgan fingerprint density at radius 2 is 1.89 bits per heavy atom. The average molecular weight is 255 g/mol. The minimum absolute atomic E-state index is 0.189. The molecule has 98 valence electrons. The van der Waals surface area contributed by atoms with Crippen LogP contribution in [0.1, 0.15) is 27.3 Å². The van der Waals surface area contributed by atoms with E-state index in [2.05, 4.69) is 10.3 Å². The second-order valence-electron chi connectivity index (χ2n) is 4.58. The molecular formula is C15H17N3O. The van der Waals surface area contributed by atoms with E-state index in [4.69, 9.17) is 5.73 Å². The maximum absolute atomic E-state index is 12.2. The van der Waals surface area contributed by atoms with Crippen LogP contribution in [0.25, 0.3) is 0 Å². The number of nitrogens with zero attached hydrogens (tertiary/aromatic N) is 1. The van der Waals surface area contributed by atoms with Crippen LogP contribution < -0.4 is 11.1 Å². The Kier molecular flexibility index (Phi) is 3.51. The van der Waals surface area contributed by atoms with Gasteiger partial charge < -0.3 is 11.1 Å². The second-order valence-corrected chi connectivity index (χ2v) is 4.58. The van der Waals surface area contributed by atoms with Gasteiger partial charge in [0.25, 0.3) is 5.91 Å².